The average molecular weight is 264 g/mol. The number of nitrogens with zero attached hydrogens (tertiary/aromatic N) is 2. The molecule has 5 heteroatoms. The van der Waals surface area contributed by atoms with Gasteiger partial charge in [0.05, 0.1) is 11.3 Å². The molecule has 1 aliphatic heterocycles. The number of aromatic carboxylic acids is 1. The molecule has 0 bridgehead atoms. The fourth-order valence-electron chi connectivity index (χ4n) is 2.55. The molecule has 1 saturated heterocycles. The normalized spacial score (nSPS) is 23.4. The molecule has 0 spiro atoms. The lowest BCUT2D eigenvalue weighted by Gasteiger charge is -2.41. The van der Waals surface area contributed by atoms with Gasteiger partial charge in [-0.1, -0.05) is 0 Å². The second-order valence-electron chi connectivity index (χ2n) is 5.33. The minimum absolute atomic E-state index is 0.217. The molecule has 19 heavy (non-hydrogen) atoms. The molecule has 0 aromatic carbocycles. The zero-order valence-corrected chi connectivity index (χ0v) is 11.6. The van der Waals surface area contributed by atoms with Crippen LogP contribution in [-0.2, 0) is 4.74 Å². The van der Waals surface area contributed by atoms with E-state index >= 15 is 0 Å². The van der Waals surface area contributed by atoms with Gasteiger partial charge in [0, 0.05) is 32.1 Å². The maximum Gasteiger partial charge on any atom is 0.339 e. The van der Waals surface area contributed by atoms with E-state index in [1.165, 1.54) is 6.20 Å². The molecule has 0 aliphatic carbocycles. The van der Waals surface area contributed by atoms with E-state index in [4.69, 9.17) is 4.74 Å². The van der Waals surface area contributed by atoms with Crippen molar-refractivity contribution in [1.82, 2.24) is 4.98 Å². The summed E-state index contributed by atoms with van der Waals surface area (Å²) in [6, 6.07) is 1.84. The molecule has 1 aliphatic rings. The molecule has 0 radical (unpaired) electrons. The Morgan fingerprint density at radius 3 is 2.95 bits per heavy atom. The number of carboxylic acid groups (broad SMARTS) is 1. The van der Waals surface area contributed by atoms with Crippen LogP contribution in [0.3, 0.4) is 0 Å². The van der Waals surface area contributed by atoms with Gasteiger partial charge in [-0.05, 0) is 32.8 Å². The maximum absolute atomic E-state index is 11.3. The number of rotatable bonds is 3. The molecule has 5 nitrogen and oxygen atoms in total. The maximum atomic E-state index is 11.3. The number of hydrogen-bond donors (Lipinski definition) is 1. The van der Waals surface area contributed by atoms with Crippen molar-refractivity contribution in [3.8, 4) is 0 Å². The molecule has 0 amide bonds. The Morgan fingerprint density at radius 2 is 2.32 bits per heavy atom. The monoisotopic (exact) mass is 264 g/mol. The fraction of sp³-hybridized carbons (Fsp3) is 0.571. The summed E-state index contributed by atoms with van der Waals surface area (Å²) in [5.74, 6) is -0.938. The van der Waals surface area contributed by atoms with Crippen molar-refractivity contribution in [2.24, 2.45) is 0 Å². The minimum atomic E-state index is -0.938. The van der Waals surface area contributed by atoms with Crippen molar-refractivity contribution in [2.45, 2.75) is 32.3 Å². The Hall–Kier alpha value is -1.62. The third-order valence-electron chi connectivity index (χ3n) is 3.74. The zero-order chi connectivity index (χ0) is 14.0. The van der Waals surface area contributed by atoms with Gasteiger partial charge < -0.3 is 14.7 Å². The highest BCUT2D eigenvalue weighted by Crippen LogP contribution is 2.30. The van der Waals surface area contributed by atoms with Crippen molar-refractivity contribution < 1.29 is 14.6 Å². The smallest absolute Gasteiger partial charge is 0.339 e. The standard InChI is InChI=1S/C14H20N2O3/c1-10-7-12(11(8-15-10)13(17)18)16-6-4-5-14(2,9-16)19-3/h7-8H,4-6,9H2,1-3H3,(H,17,18). The number of aromatic nitrogens is 1. The van der Waals surface area contributed by atoms with E-state index in [0.717, 1.165) is 30.8 Å². The molecule has 1 aromatic rings. The fourth-order valence-corrected chi connectivity index (χ4v) is 2.55. The van der Waals surface area contributed by atoms with Gasteiger partial charge in [0.15, 0.2) is 0 Å². The van der Waals surface area contributed by atoms with E-state index in [1.54, 1.807) is 7.11 Å². The molecule has 1 N–H and O–H groups in total. The van der Waals surface area contributed by atoms with Gasteiger partial charge in [0.1, 0.15) is 5.56 Å². The lowest BCUT2D eigenvalue weighted by Crippen LogP contribution is -2.47. The Kier molecular flexibility index (Phi) is 3.75. The van der Waals surface area contributed by atoms with E-state index in [2.05, 4.69) is 16.8 Å². The van der Waals surface area contributed by atoms with Crippen LogP contribution in [0.4, 0.5) is 5.69 Å². The molecule has 0 saturated carbocycles. The van der Waals surface area contributed by atoms with Crippen LogP contribution in [0.25, 0.3) is 0 Å². The predicted molar refractivity (Wildman–Crippen MR) is 72.8 cm³/mol. The molecule has 1 atom stereocenters. The molecule has 104 valence electrons. The molecule has 1 fully saturated rings. The van der Waals surface area contributed by atoms with Crippen LogP contribution in [0.1, 0.15) is 35.8 Å². The largest absolute Gasteiger partial charge is 0.478 e. The van der Waals surface area contributed by atoms with E-state index in [9.17, 15) is 9.90 Å². The highest BCUT2D eigenvalue weighted by molar-refractivity contribution is 5.94. The quantitative estimate of drug-likeness (QED) is 0.905. The SMILES string of the molecule is COC1(C)CCCN(c2cc(C)ncc2C(=O)O)C1. The first kappa shape index (κ1) is 13.8. The molecule has 1 aromatic heterocycles. The van der Waals surface area contributed by atoms with Gasteiger partial charge in [0.25, 0.3) is 0 Å². The first-order valence-corrected chi connectivity index (χ1v) is 6.45. The summed E-state index contributed by atoms with van der Waals surface area (Å²) >= 11 is 0. The zero-order valence-electron chi connectivity index (χ0n) is 11.6. The molecule has 2 rings (SSSR count). The predicted octanol–water partition coefficient (Wildman–Crippen LogP) is 2.09. The van der Waals surface area contributed by atoms with Gasteiger partial charge in [-0.3, -0.25) is 4.98 Å². The van der Waals surface area contributed by atoms with Crippen molar-refractivity contribution >= 4 is 11.7 Å². The van der Waals surface area contributed by atoms with E-state index < -0.39 is 5.97 Å². The Labute approximate surface area is 113 Å². The third-order valence-corrected chi connectivity index (χ3v) is 3.74. The van der Waals surface area contributed by atoms with E-state index in [0.29, 0.717) is 6.54 Å². The Balaban J connectivity index is 2.35. The number of methoxy groups -OCH3 is 1. The minimum Gasteiger partial charge on any atom is -0.478 e. The molecule has 2 heterocycles. The van der Waals surface area contributed by atoms with Crippen LogP contribution < -0.4 is 4.90 Å². The highest BCUT2D eigenvalue weighted by atomic mass is 16.5. The third kappa shape index (κ3) is 2.87. The summed E-state index contributed by atoms with van der Waals surface area (Å²) < 4.78 is 5.56. The van der Waals surface area contributed by atoms with Crippen LogP contribution in [0, 0.1) is 6.92 Å². The number of carboxylic acids is 1. The number of carbonyl (C=O) groups is 1. The van der Waals surface area contributed by atoms with E-state index in [1.807, 2.05) is 13.0 Å². The number of aryl methyl sites for hydroxylation is 1. The topological polar surface area (TPSA) is 62.7 Å². The Morgan fingerprint density at radius 1 is 1.58 bits per heavy atom. The summed E-state index contributed by atoms with van der Waals surface area (Å²) in [7, 11) is 1.71. The van der Waals surface area contributed by atoms with Gasteiger partial charge in [0.2, 0.25) is 0 Å². The first-order chi connectivity index (χ1) is 8.95. The van der Waals surface area contributed by atoms with Crippen molar-refractivity contribution in [3.63, 3.8) is 0 Å². The highest BCUT2D eigenvalue weighted by Gasteiger charge is 2.32. The van der Waals surface area contributed by atoms with Crippen LogP contribution in [0.15, 0.2) is 12.3 Å². The Bertz CT molecular complexity index is 490. The number of anilines is 1. The summed E-state index contributed by atoms with van der Waals surface area (Å²) in [5.41, 5.74) is 1.60. The first-order valence-electron chi connectivity index (χ1n) is 6.45. The second-order valence-corrected chi connectivity index (χ2v) is 5.33. The molecule has 1 unspecified atom stereocenters. The van der Waals surface area contributed by atoms with E-state index in [-0.39, 0.29) is 11.2 Å². The van der Waals surface area contributed by atoms with Crippen LogP contribution in [0.5, 0.6) is 0 Å². The van der Waals surface area contributed by atoms with Gasteiger partial charge >= 0.3 is 5.97 Å². The molecular weight excluding hydrogens is 244 g/mol. The van der Waals surface area contributed by atoms with Crippen molar-refractivity contribution in [2.75, 3.05) is 25.1 Å². The number of hydrogen-bond acceptors (Lipinski definition) is 4. The van der Waals surface area contributed by atoms with Gasteiger partial charge in [-0.25, -0.2) is 4.79 Å². The summed E-state index contributed by atoms with van der Waals surface area (Å²) in [6.07, 6.45) is 3.42. The van der Waals surface area contributed by atoms with Gasteiger partial charge in [-0.2, -0.15) is 0 Å². The van der Waals surface area contributed by atoms with Gasteiger partial charge in [-0.15, -0.1) is 0 Å². The summed E-state index contributed by atoms with van der Waals surface area (Å²) in [4.78, 5) is 17.5. The summed E-state index contributed by atoms with van der Waals surface area (Å²) in [5, 5.41) is 9.28. The van der Waals surface area contributed by atoms with Crippen LogP contribution in [-0.4, -0.2) is 41.9 Å². The number of ether oxygens (including phenoxy) is 1. The lowest BCUT2D eigenvalue weighted by atomic mass is 9.94. The van der Waals surface area contributed by atoms with Crippen LogP contribution >= 0.6 is 0 Å². The number of pyridine rings is 1. The molecular formula is C14H20N2O3. The lowest BCUT2D eigenvalue weighted by molar-refractivity contribution is -0.00473. The number of piperidine rings is 1. The van der Waals surface area contributed by atoms with Crippen molar-refractivity contribution in [3.05, 3.63) is 23.5 Å². The van der Waals surface area contributed by atoms with Crippen LogP contribution in [0.2, 0.25) is 0 Å². The van der Waals surface area contributed by atoms with Crippen molar-refractivity contribution in [1.29, 1.82) is 0 Å². The average Bonchev–Trinajstić information content (AvgIpc) is 2.38. The summed E-state index contributed by atoms with van der Waals surface area (Å²) in [6.45, 7) is 5.48. The second kappa shape index (κ2) is 5.17.